The zero-order valence-corrected chi connectivity index (χ0v) is 19.6. The zero-order valence-electron chi connectivity index (χ0n) is 18.1. The predicted octanol–water partition coefficient (Wildman–Crippen LogP) is 3.73. The molecule has 168 valence electrons. The van der Waals surface area contributed by atoms with Crippen LogP contribution in [0, 0.1) is 0 Å². The van der Waals surface area contributed by atoms with Gasteiger partial charge in [-0.3, -0.25) is 14.4 Å². The zero-order chi connectivity index (χ0) is 23.1. The number of carbonyl (C=O) groups excluding carboxylic acids is 2. The van der Waals surface area contributed by atoms with Crippen LogP contribution >= 0.6 is 23.4 Å². The van der Waals surface area contributed by atoms with Crippen molar-refractivity contribution in [2.45, 2.75) is 18.9 Å². The second-order valence-electron chi connectivity index (χ2n) is 7.77. The molecule has 0 radical (unpaired) electrons. The number of benzene rings is 2. The molecule has 6 nitrogen and oxygen atoms in total. The smallest absolute Gasteiger partial charge is 0.251 e. The number of hydrogen-bond donors (Lipinski definition) is 2. The molecule has 2 N–H and O–H groups in total. The van der Waals surface area contributed by atoms with E-state index in [0.717, 1.165) is 18.4 Å². The van der Waals surface area contributed by atoms with Gasteiger partial charge in [-0.15, -0.1) is 0 Å². The quantitative estimate of drug-likeness (QED) is 0.464. The number of fused-ring (bicyclic) bond motifs is 1. The fourth-order valence-electron chi connectivity index (χ4n) is 3.36. The lowest BCUT2D eigenvalue weighted by atomic mass is 10.0. The SMILES string of the molecule is CN(C)CCCSC(=O)C(Cc1cc(=O)[nH]c2ccccc12)NC(=O)c1ccc(Cl)cc1. The average Bonchev–Trinajstić information content (AvgIpc) is 2.76. The van der Waals surface area contributed by atoms with Gasteiger partial charge < -0.3 is 15.2 Å². The normalized spacial score (nSPS) is 12.1. The molecule has 0 saturated heterocycles. The lowest BCUT2D eigenvalue weighted by Crippen LogP contribution is -2.41. The summed E-state index contributed by atoms with van der Waals surface area (Å²) in [6, 6.07) is 14.7. The van der Waals surface area contributed by atoms with Crippen LogP contribution in [0.3, 0.4) is 0 Å². The minimum atomic E-state index is -0.771. The summed E-state index contributed by atoms with van der Waals surface area (Å²) in [6.07, 6.45) is 1.08. The third kappa shape index (κ3) is 6.69. The van der Waals surface area contributed by atoms with Crippen LogP contribution in [0.15, 0.2) is 59.4 Å². The van der Waals surface area contributed by atoms with Crippen LogP contribution in [0.2, 0.25) is 5.02 Å². The number of amides is 1. The summed E-state index contributed by atoms with van der Waals surface area (Å²) >= 11 is 7.13. The third-order valence-corrected chi connectivity index (χ3v) is 6.26. The highest BCUT2D eigenvalue weighted by molar-refractivity contribution is 8.13. The number of aromatic amines is 1. The van der Waals surface area contributed by atoms with Crippen LogP contribution in [0.1, 0.15) is 22.3 Å². The van der Waals surface area contributed by atoms with Crippen LogP contribution in [0.4, 0.5) is 0 Å². The van der Waals surface area contributed by atoms with Crippen molar-refractivity contribution in [1.29, 1.82) is 0 Å². The third-order valence-electron chi connectivity index (χ3n) is 4.95. The Morgan fingerprint density at radius 3 is 2.56 bits per heavy atom. The molecule has 0 saturated carbocycles. The van der Waals surface area contributed by atoms with E-state index in [9.17, 15) is 14.4 Å². The van der Waals surface area contributed by atoms with Crippen LogP contribution in [0.25, 0.3) is 10.9 Å². The minimum absolute atomic E-state index is 0.129. The highest BCUT2D eigenvalue weighted by Crippen LogP contribution is 2.19. The topological polar surface area (TPSA) is 82.3 Å². The molecule has 0 bridgehead atoms. The summed E-state index contributed by atoms with van der Waals surface area (Å²) in [6.45, 7) is 0.876. The fourth-order valence-corrected chi connectivity index (χ4v) is 4.30. The van der Waals surface area contributed by atoms with E-state index in [1.807, 2.05) is 38.4 Å². The number of nitrogens with zero attached hydrogens (tertiary/aromatic N) is 1. The predicted molar refractivity (Wildman–Crippen MR) is 132 cm³/mol. The number of para-hydroxylation sites is 1. The van der Waals surface area contributed by atoms with Crippen LogP contribution in [-0.2, 0) is 11.2 Å². The monoisotopic (exact) mass is 471 g/mol. The molecule has 1 aromatic heterocycles. The standard InChI is InChI=1S/C24H26ClN3O3S/c1-28(2)12-5-13-32-24(31)21(27-23(30)16-8-10-18(25)11-9-16)14-17-15-22(29)26-20-7-4-3-6-19(17)20/h3-4,6-11,15,21H,5,12-14H2,1-2H3,(H,26,29)(H,27,30). The van der Waals surface area contributed by atoms with E-state index < -0.39 is 6.04 Å². The molecular formula is C24H26ClN3O3S. The van der Waals surface area contributed by atoms with E-state index in [4.69, 9.17) is 11.6 Å². The number of H-pyrrole nitrogens is 1. The molecule has 0 fully saturated rings. The highest BCUT2D eigenvalue weighted by Gasteiger charge is 2.23. The lowest BCUT2D eigenvalue weighted by Gasteiger charge is -2.19. The van der Waals surface area contributed by atoms with Crippen LogP contribution < -0.4 is 10.9 Å². The van der Waals surface area contributed by atoms with Gasteiger partial charge in [-0.1, -0.05) is 41.6 Å². The first-order valence-electron chi connectivity index (χ1n) is 10.3. The van der Waals surface area contributed by atoms with Crippen molar-refractivity contribution in [1.82, 2.24) is 15.2 Å². The number of pyridine rings is 1. The molecule has 1 heterocycles. The molecule has 3 aromatic rings. The number of hydrogen-bond acceptors (Lipinski definition) is 5. The largest absolute Gasteiger partial charge is 0.341 e. The van der Waals surface area contributed by atoms with Gasteiger partial charge in [-0.05, 0) is 63.0 Å². The second-order valence-corrected chi connectivity index (χ2v) is 9.30. The van der Waals surface area contributed by atoms with E-state index in [0.29, 0.717) is 27.4 Å². The van der Waals surface area contributed by atoms with Gasteiger partial charge in [-0.2, -0.15) is 0 Å². The van der Waals surface area contributed by atoms with Crippen molar-refractivity contribution in [2.75, 3.05) is 26.4 Å². The van der Waals surface area contributed by atoms with E-state index >= 15 is 0 Å². The Morgan fingerprint density at radius 2 is 1.84 bits per heavy atom. The van der Waals surface area contributed by atoms with Crippen molar-refractivity contribution >= 4 is 45.3 Å². The molecule has 1 amide bonds. The van der Waals surface area contributed by atoms with Gasteiger partial charge >= 0.3 is 0 Å². The highest BCUT2D eigenvalue weighted by atomic mass is 35.5. The van der Waals surface area contributed by atoms with Crippen LogP contribution in [0.5, 0.6) is 0 Å². The maximum absolute atomic E-state index is 13.1. The Hall–Kier alpha value is -2.61. The number of nitrogens with one attached hydrogen (secondary N) is 2. The van der Waals surface area contributed by atoms with Crippen molar-refractivity contribution in [3.63, 3.8) is 0 Å². The lowest BCUT2D eigenvalue weighted by molar-refractivity contribution is -0.112. The second kappa shape index (κ2) is 11.3. The summed E-state index contributed by atoms with van der Waals surface area (Å²) in [5, 5.41) is 4.11. The van der Waals surface area contributed by atoms with Gasteiger partial charge in [0.05, 0.1) is 0 Å². The van der Waals surface area contributed by atoms with Gasteiger partial charge in [-0.25, -0.2) is 0 Å². The summed E-state index contributed by atoms with van der Waals surface area (Å²) in [5.74, 6) is 0.295. The Bertz CT molecular complexity index is 1150. The van der Waals surface area contributed by atoms with Gasteiger partial charge in [0.25, 0.3) is 5.91 Å². The number of carbonyl (C=O) groups is 2. The van der Waals surface area contributed by atoms with Gasteiger partial charge in [0, 0.05) is 39.7 Å². The maximum Gasteiger partial charge on any atom is 0.251 e. The van der Waals surface area contributed by atoms with Gasteiger partial charge in [0.15, 0.2) is 0 Å². The van der Waals surface area contributed by atoms with E-state index in [1.165, 1.54) is 17.8 Å². The van der Waals surface area contributed by atoms with E-state index in [2.05, 4.69) is 15.2 Å². The molecule has 0 aliphatic carbocycles. The average molecular weight is 472 g/mol. The summed E-state index contributed by atoms with van der Waals surface area (Å²) in [4.78, 5) is 42.9. The summed E-state index contributed by atoms with van der Waals surface area (Å²) < 4.78 is 0. The molecule has 8 heteroatoms. The van der Waals surface area contributed by atoms with Crippen LogP contribution in [-0.4, -0.2) is 53.3 Å². The van der Waals surface area contributed by atoms with Crippen molar-refractivity contribution in [3.8, 4) is 0 Å². The molecule has 1 atom stereocenters. The first-order valence-corrected chi connectivity index (χ1v) is 11.7. The number of halogens is 1. The molecule has 0 aliphatic rings. The van der Waals surface area contributed by atoms with Crippen molar-refractivity contribution < 1.29 is 9.59 Å². The first-order chi connectivity index (χ1) is 15.3. The molecule has 0 spiro atoms. The number of aromatic nitrogens is 1. The van der Waals surface area contributed by atoms with Gasteiger partial charge in [0.2, 0.25) is 10.7 Å². The number of thioether (sulfide) groups is 1. The molecule has 3 rings (SSSR count). The molecule has 0 aliphatic heterocycles. The van der Waals surface area contributed by atoms with Crippen molar-refractivity contribution in [2.24, 2.45) is 0 Å². The summed E-state index contributed by atoms with van der Waals surface area (Å²) in [7, 11) is 3.97. The molecule has 2 aromatic carbocycles. The van der Waals surface area contributed by atoms with E-state index in [-0.39, 0.29) is 23.0 Å². The van der Waals surface area contributed by atoms with Gasteiger partial charge in [0.1, 0.15) is 6.04 Å². The molecule has 1 unspecified atom stereocenters. The Labute approximate surface area is 196 Å². The summed E-state index contributed by atoms with van der Waals surface area (Å²) in [5.41, 5.74) is 1.59. The first kappa shape index (κ1) is 24.0. The maximum atomic E-state index is 13.1. The number of rotatable bonds is 9. The van der Waals surface area contributed by atoms with Crippen molar-refractivity contribution in [3.05, 3.63) is 81.1 Å². The Kier molecular flexibility index (Phi) is 8.50. The van der Waals surface area contributed by atoms with E-state index in [1.54, 1.807) is 24.3 Å². The molecular weight excluding hydrogens is 446 g/mol. The Morgan fingerprint density at radius 1 is 1.12 bits per heavy atom. The molecule has 32 heavy (non-hydrogen) atoms. The minimum Gasteiger partial charge on any atom is -0.341 e. The Balaban J connectivity index is 1.83. The fraction of sp³-hybridized carbons (Fsp3) is 0.292.